The number of aromatic nitrogens is 1. The number of aliphatic hydroxyl groups is 1. The highest BCUT2D eigenvalue weighted by Crippen LogP contribution is 2.18. The number of likely N-dealkylation sites (tertiary alicyclic amines) is 1. The second-order valence-electron chi connectivity index (χ2n) is 6.26. The average molecular weight is 312 g/mol. The Bertz CT molecular complexity index is 636. The molecule has 1 unspecified atom stereocenters. The lowest BCUT2D eigenvalue weighted by atomic mass is 9.99. The van der Waals surface area contributed by atoms with E-state index in [9.17, 15) is 9.90 Å². The van der Waals surface area contributed by atoms with E-state index in [-0.39, 0.29) is 18.4 Å². The van der Waals surface area contributed by atoms with Crippen LogP contribution in [0, 0.1) is 5.92 Å². The molecule has 3 rings (SSSR count). The van der Waals surface area contributed by atoms with E-state index in [1.54, 1.807) is 0 Å². The molecule has 0 saturated carbocycles. The van der Waals surface area contributed by atoms with Gasteiger partial charge in [0.25, 0.3) is 5.91 Å². The van der Waals surface area contributed by atoms with E-state index in [0.717, 1.165) is 38.0 Å². The quantitative estimate of drug-likeness (QED) is 0.922. The standard InChI is InChI=1S/C19H24N2O2/c22-15-17-8-4-12-21(14-17)19(23)18-9-5-11-20(18)13-10-16-6-2-1-3-7-16/h1-3,5-7,9,11,17,22H,4,8,10,12-15H2. The number of aliphatic hydroxyl groups excluding tert-OH is 1. The first-order valence-corrected chi connectivity index (χ1v) is 8.37. The van der Waals surface area contributed by atoms with Crippen molar-refractivity contribution in [1.29, 1.82) is 0 Å². The number of rotatable bonds is 5. The highest BCUT2D eigenvalue weighted by atomic mass is 16.3. The van der Waals surface area contributed by atoms with Gasteiger partial charge in [0.05, 0.1) is 0 Å². The van der Waals surface area contributed by atoms with E-state index < -0.39 is 0 Å². The third kappa shape index (κ3) is 3.82. The molecule has 1 aliphatic heterocycles. The Labute approximate surface area is 137 Å². The molecule has 122 valence electrons. The van der Waals surface area contributed by atoms with Crippen molar-refractivity contribution < 1.29 is 9.90 Å². The van der Waals surface area contributed by atoms with Gasteiger partial charge in [-0.25, -0.2) is 0 Å². The molecule has 1 atom stereocenters. The summed E-state index contributed by atoms with van der Waals surface area (Å²) in [4.78, 5) is 14.7. The van der Waals surface area contributed by atoms with Crippen molar-refractivity contribution in [3.63, 3.8) is 0 Å². The van der Waals surface area contributed by atoms with Gasteiger partial charge in [-0.2, -0.15) is 0 Å². The van der Waals surface area contributed by atoms with Gasteiger partial charge in [0.2, 0.25) is 0 Å². The first kappa shape index (κ1) is 15.8. The van der Waals surface area contributed by atoms with Gasteiger partial charge in [0, 0.05) is 32.4 Å². The molecule has 1 aromatic heterocycles. The number of carbonyl (C=O) groups excluding carboxylic acids is 1. The molecule has 1 amide bonds. The molecular weight excluding hydrogens is 288 g/mol. The molecule has 0 bridgehead atoms. The van der Waals surface area contributed by atoms with Crippen LogP contribution >= 0.6 is 0 Å². The van der Waals surface area contributed by atoms with Gasteiger partial charge in [-0.05, 0) is 42.9 Å². The van der Waals surface area contributed by atoms with Crippen molar-refractivity contribution in [1.82, 2.24) is 9.47 Å². The van der Waals surface area contributed by atoms with Gasteiger partial charge in [-0.15, -0.1) is 0 Å². The number of aryl methyl sites for hydroxylation is 2. The zero-order valence-electron chi connectivity index (χ0n) is 13.4. The fraction of sp³-hybridized carbons (Fsp3) is 0.421. The summed E-state index contributed by atoms with van der Waals surface area (Å²) in [6, 6.07) is 14.2. The summed E-state index contributed by atoms with van der Waals surface area (Å²) in [6.45, 7) is 2.42. The monoisotopic (exact) mass is 312 g/mol. The van der Waals surface area contributed by atoms with Crippen LogP contribution in [0.2, 0.25) is 0 Å². The topological polar surface area (TPSA) is 45.5 Å². The molecule has 4 nitrogen and oxygen atoms in total. The zero-order valence-corrected chi connectivity index (χ0v) is 13.4. The van der Waals surface area contributed by atoms with Crippen molar-refractivity contribution in [3.05, 3.63) is 59.9 Å². The minimum atomic E-state index is 0.0845. The Morgan fingerprint density at radius 3 is 2.78 bits per heavy atom. The molecule has 23 heavy (non-hydrogen) atoms. The number of amides is 1. The number of hydrogen-bond donors (Lipinski definition) is 1. The van der Waals surface area contributed by atoms with E-state index in [2.05, 4.69) is 12.1 Å². The molecular formula is C19H24N2O2. The molecule has 1 aromatic carbocycles. The second-order valence-corrected chi connectivity index (χ2v) is 6.26. The van der Waals surface area contributed by atoms with E-state index in [0.29, 0.717) is 6.54 Å². The Kier molecular flexibility index (Phi) is 5.13. The number of hydrogen-bond acceptors (Lipinski definition) is 2. The van der Waals surface area contributed by atoms with Gasteiger partial charge in [-0.3, -0.25) is 4.79 Å². The van der Waals surface area contributed by atoms with Crippen molar-refractivity contribution in [2.45, 2.75) is 25.8 Å². The van der Waals surface area contributed by atoms with Gasteiger partial charge < -0.3 is 14.6 Å². The summed E-state index contributed by atoms with van der Waals surface area (Å²) in [5.41, 5.74) is 2.03. The summed E-state index contributed by atoms with van der Waals surface area (Å²) >= 11 is 0. The minimum Gasteiger partial charge on any atom is -0.396 e. The maximum absolute atomic E-state index is 12.8. The second kappa shape index (κ2) is 7.47. The van der Waals surface area contributed by atoms with Crippen LogP contribution in [0.4, 0.5) is 0 Å². The van der Waals surface area contributed by atoms with Crippen molar-refractivity contribution in [2.75, 3.05) is 19.7 Å². The first-order valence-electron chi connectivity index (χ1n) is 8.37. The summed E-state index contributed by atoms with van der Waals surface area (Å²) in [7, 11) is 0. The molecule has 1 fully saturated rings. The van der Waals surface area contributed by atoms with E-state index in [1.807, 2.05) is 46.0 Å². The molecule has 1 N–H and O–H groups in total. The van der Waals surface area contributed by atoms with E-state index in [4.69, 9.17) is 0 Å². The number of nitrogens with zero attached hydrogens (tertiary/aromatic N) is 2. The Balaban J connectivity index is 1.66. The van der Waals surface area contributed by atoms with Crippen LogP contribution in [0.5, 0.6) is 0 Å². The largest absolute Gasteiger partial charge is 0.396 e. The van der Waals surface area contributed by atoms with Crippen LogP contribution in [0.1, 0.15) is 28.9 Å². The molecule has 2 heterocycles. The molecule has 4 heteroatoms. The summed E-state index contributed by atoms with van der Waals surface area (Å²) in [6.07, 6.45) is 4.87. The SMILES string of the molecule is O=C(c1cccn1CCc1ccccc1)N1CCCC(CO)C1. The Morgan fingerprint density at radius 1 is 1.17 bits per heavy atom. The summed E-state index contributed by atoms with van der Waals surface area (Å²) < 4.78 is 2.04. The van der Waals surface area contributed by atoms with Crippen molar-refractivity contribution in [2.24, 2.45) is 5.92 Å². The van der Waals surface area contributed by atoms with Crippen LogP contribution in [0.25, 0.3) is 0 Å². The fourth-order valence-corrected chi connectivity index (χ4v) is 3.26. The van der Waals surface area contributed by atoms with Crippen LogP contribution in [0.15, 0.2) is 48.7 Å². The van der Waals surface area contributed by atoms with Crippen LogP contribution < -0.4 is 0 Å². The fourth-order valence-electron chi connectivity index (χ4n) is 3.26. The predicted molar refractivity (Wildman–Crippen MR) is 90.3 cm³/mol. The average Bonchev–Trinajstić information content (AvgIpc) is 3.09. The minimum absolute atomic E-state index is 0.0845. The normalized spacial score (nSPS) is 18.1. The maximum Gasteiger partial charge on any atom is 0.270 e. The smallest absolute Gasteiger partial charge is 0.270 e. The van der Waals surface area contributed by atoms with Gasteiger partial charge in [0.15, 0.2) is 0 Å². The molecule has 0 aliphatic carbocycles. The third-order valence-corrected chi connectivity index (χ3v) is 4.60. The molecule has 0 radical (unpaired) electrons. The van der Waals surface area contributed by atoms with Gasteiger partial charge in [0.1, 0.15) is 5.69 Å². The van der Waals surface area contributed by atoms with Crippen LogP contribution in [-0.2, 0) is 13.0 Å². The van der Waals surface area contributed by atoms with E-state index in [1.165, 1.54) is 5.56 Å². The summed E-state index contributed by atoms with van der Waals surface area (Å²) in [5.74, 6) is 0.307. The third-order valence-electron chi connectivity index (χ3n) is 4.60. The van der Waals surface area contributed by atoms with Crippen LogP contribution in [0.3, 0.4) is 0 Å². The van der Waals surface area contributed by atoms with Crippen molar-refractivity contribution in [3.8, 4) is 0 Å². The van der Waals surface area contributed by atoms with Crippen LogP contribution in [-0.4, -0.2) is 40.2 Å². The lowest BCUT2D eigenvalue weighted by Gasteiger charge is -2.32. The molecule has 0 spiro atoms. The predicted octanol–water partition coefficient (Wildman–Crippen LogP) is 2.58. The molecule has 2 aromatic rings. The number of carbonyl (C=O) groups is 1. The molecule has 1 saturated heterocycles. The highest BCUT2D eigenvalue weighted by Gasteiger charge is 2.25. The summed E-state index contributed by atoms with van der Waals surface area (Å²) in [5, 5.41) is 9.34. The zero-order chi connectivity index (χ0) is 16.1. The number of piperidine rings is 1. The van der Waals surface area contributed by atoms with Crippen molar-refractivity contribution >= 4 is 5.91 Å². The Hall–Kier alpha value is -2.07. The number of benzene rings is 1. The maximum atomic E-state index is 12.8. The Morgan fingerprint density at radius 2 is 2.00 bits per heavy atom. The van der Waals surface area contributed by atoms with E-state index >= 15 is 0 Å². The van der Waals surface area contributed by atoms with Gasteiger partial charge in [-0.1, -0.05) is 30.3 Å². The molecule has 1 aliphatic rings. The first-order chi connectivity index (χ1) is 11.3. The van der Waals surface area contributed by atoms with Gasteiger partial charge >= 0.3 is 0 Å². The lowest BCUT2D eigenvalue weighted by molar-refractivity contribution is 0.0610. The lowest BCUT2D eigenvalue weighted by Crippen LogP contribution is -2.41. The highest BCUT2D eigenvalue weighted by molar-refractivity contribution is 5.92.